The lowest BCUT2D eigenvalue weighted by Crippen LogP contribution is -2.25. The van der Waals surface area contributed by atoms with Gasteiger partial charge in [-0.05, 0) is 35.9 Å². The molecule has 122 valence electrons. The predicted octanol–water partition coefficient (Wildman–Crippen LogP) is 2.52. The number of carbonyl (C=O) groups excluding carboxylic acids is 1. The Bertz CT molecular complexity index is 802. The zero-order valence-corrected chi connectivity index (χ0v) is 14.4. The lowest BCUT2D eigenvalue weighted by Gasteiger charge is -2.12. The molecule has 1 amide bonds. The van der Waals surface area contributed by atoms with Crippen molar-refractivity contribution in [3.05, 3.63) is 64.7 Å². The molecule has 0 heterocycles. The van der Waals surface area contributed by atoms with E-state index in [1.807, 2.05) is 12.1 Å². The number of sulfonamides is 1. The van der Waals surface area contributed by atoms with E-state index in [0.29, 0.717) is 17.1 Å². The van der Waals surface area contributed by atoms with Crippen LogP contribution in [0.1, 0.15) is 15.9 Å². The molecule has 23 heavy (non-hydrogen) atoms. The summed E-state index contributed by atoms with van der Waals surface area (Å²) >= 11 is 5.81. The van der Waals surface area contributed by atoms with Crippen molar-refractivity contribution in [2.45, 2.75) is 11.4 Å². The third-order valence-electron chi connectivity index (χ3n) is 3.24. The van der Waals surface area contributed by atoms with Crippen LogP contribution in [-0.4, -0.2) is 32.7 Å². The highest BCUT2D eigenvalue weighted by molar-refractivity contribution is 7.89. The number of nitrogens with one attached hydrogen (secondary N) is 1. The molecule has 0 unspecified atom stereocenters. The maximum atomic E-state index is 12.2. The highest BCUT2D eigenvalue weighted by Crippen LogP contribution is 2.15. The summed E-state index contributed by atoms with van der Waals surface area (Å²) < 4.78 is 25.3. The average molecular weight is 353 g/mol. The molecule has 7 heteroatoms. The summed E-state index contributed by atoms with van der Waals surface area (Å²) in [5.41, 5.74) is 1.20. The number of halogens is 1. The number of hydrogen-bond donors (Lipinski definition) is 1. The molecule has 0 spiro atoms. The molecule has 0 saturated heterocycles. The van der Waals surface area contributed by atoms with Crippen molar-refractivity contribution < 1.29 is 13.2 Å². The Morgan fingerprint density at radius 3 is 2.39 bits per heavy atom. The Balaban J connectivity index is 2.12. The molecule has 0 aliphatic carbocycles. The molecule has 0 radical (unpaired) electrons. The van der Waals surface area contributed by atoms with Gasteiger partial charge in [0.15, 0.2) is 0 Å². The number of nitrogens with zero attached hydrogens (tertiary/aromatic N) is 1. The monoisotopic (exact) mass is 352 g/mol. The van der Waals surface area contributed by atoms with Gasteiger partial charge in [-0.2, -0.15) is 0 Å². The molecule has 2 aromatic rings. The summed E-state index contributed by atoms with van der Waals surface area (Å²) in [6, 6.07) is 13.1. The minimum Gasteiger partial charge on any atom is -0.348 e. The molecular weight excluding hydrogens is 336 g/mol. The van der Waals surface area contributed by atoms with Crippen molar-refractivity contribution >= 4 is 27.5 Å². The number of hydrogen-bond acceptors (Lipinski definition) is 3. The summed E-state index contributed by atoms with van der Waals surface area (Å²) in [5, 5.41) is 3.38. The first-order chi connectivity index (χ1) is 10.8. The van der Waals surface area contributed by atoms with Crippen molar-refractivity contribution in [2.75, 3.05) is 14.1 Å². The third-order valence-corrected chi connectivity index (χ3v) is 5.30. The van der Waals surface area contributed by atoms with Gasteiger partial charge in [0, 0.05) is 31.2 Å². The van der Waals surface area contributed by atoms with Crippen LogP contribution in [0.3, 0.4) is 0 Å². The molecule has 0 saturated carbocycles. The fourth-order valence-corrected chi connectivity index (χ4v) is 2.97. The molecule has 0 aliphatic rings. The van der Waals surface area contributed by atoms with Crippen molar-refractivity contribution in [1.29, 1.82) is 0 Å². The van der Waals surface area contributed by atoms with Gasteiger partial charge >= 0.3 is 0 Å². The number of amides is 1. The first kappa shape index (κ1) is 17.5. The first-order valence-corrected chi connectivity index (χ1v) is 8.68. The maximum absolute atomic E-state index is 12.2. The van der Waals surface area contributed by atoms with Crippen LogP contribution >= 0.6 is 11.6 Å². The number of benzene rings is 2. The Kier molecular flexibility index (Phi) is 5.41. The second kappa shape index (κ2) is 7.12. The lowest BCUT2D eigenvalue weighted by atomic mass is 10.2. The van der Waals surface area contributed by atoms with Gasteiger partial charge in [0.1, 0.15) is 0 Å². The molecule has 0 bridgehead atoms. The van der Waals surface area contributed by atoms with Crippen molar-refractivity contribution in [1.82, 2.24) is 9.62 Å². The van der Waals surface area contributed by atoms with E-state index in [1.165, 1.54) is 26.2 Å². The van der Waals surface area contributed by atoms with Gasteiger partial charge in [-0.25, -0.2) is 12.7 Å². The van der Waals surface area contributed by atoms with Gasteiger partial charge in [-0.1, -0.05) is 29.8 Å². The quantitative estimate of drug-likeness (QED) is 0.899. The van der Waals surface area contributed by atoms with E-state index in [9.17, 15) is 13.2 Å². The Hall–Kier alpha value is -1.89. The van der Waals surface area contributed by atoms with Crippen molar-refractivity contribution in [3.63, 3.8) is 0 Å². The molecule has 0 fully saturated rings. The van der Waals surface area contributed by atoms with Gasteiger partial charge in [0.2, 0.25) is 10.0 Å². The lowest BCUT2D eigenvalue weighted by molar-refractivity contribution is 0.0950. The molecule has 2 aromatic carbocycles. The van der Waals surface area contributed by atoms with Crippen LogP contribution in [-0.2, 0) is 16.6 Å². The highest BCUT2D eigenvalue weighted by atomic mass is 35.5. The molecule has 0 aromatic heterocycles. The summed E-state index contributed by atoms with van der Waals surface area (Å²) in [7, 11) is -0.672. The summed E-state index contributed by atoms with van der Waals surface area (Å²) in [6.45, 7) is 0.334. The number of carbonyl (C=O) groups is 1. The van der Waals surface area contributed by atoms with Crippen molar-refractivity contribution in [3.8, 4) is 0 Å². The van der Waals surface area contributed by atoms with Gasteiger partial charge in [-0.3, -0.25) is 4.79 Å². The third kappa shape index (κ3) is 4.31. The van der Waals surface area contributed by atoms with E-state index in [4.69, 9.17) is 11.6 Å². The SMILES string of the molecule is CN(C)S(=O)(=O)c1cccc(C(=O)NCc2ccc(Cl)cc2)c1. The van der Waals surface area contributed by atoms with E-state index in [0.717, 1.165) is 9.87 Å². The van der Waals surface area contributed by atoms with Crippen molar-refractivity contribution in [2.24, 2.45) is 0 Å². The minimum atomic E-state index is -3.57. The molecule has 0 atom stereocenters. The van der Waals surface area contributed by atoms with Crippen LogP contribution in [0.5, 0.6) is 0 Å². The number of rotatable bonds is 5. The minimum absolute atomic E-state index is 0.0849. The predicted molar refractivity (Wildman–Crippen MR) is 89.9 cm³/mol. The Morgan fingerprint density at radius 2 is 1.78 bits per heavy atom. The molecule has 2 rings (SSSR count). The van der Waals surface area contributed by atoms with Crippen LogP contribution in [0.2, 0.25) is 5.02 Å². The van der Waals surface area contributed by atoms with E-state index in [-0.39, 0.29) is 10.8 Å². The van der Waals surface area contributed by atoms with E-state index < -0.39 is 10.0 Å². The maximum Gasteiger partial charge on any atom is 0.251 e. The zero-order chi connectivity index (χ0) is 17.0. The largest absolute Gasteiger partial charge is 0.348 e. The molecule has 1 N–H and O–H groups in total. The van der Waals surface area contributed by atoms with Crippen LogP contribution < -0.4 is 5.32 Å². The Labute approximate surface area is 140 Å². The van der Waals surface area contributed by atoms with Gasteiger partial charge in [0.25, 0.3) is 5.91 Å². The van der Waals surface area contributed by atoms with E-state index in [2.05, 4.69) is 5.32 Å². The summed E-state index contributed by atoms with van der Waals surface area (Å²) in [6.07, 6.45) is 0. The van der Waals surface area contributed by atoms with Crippen LogP contribution in [0, 0.1) is 0 Å². The Morgan fingerprint density at radius 1 is 1.13 bits per heavy atom. The van der Waals surface area contributed by atoms with Crippen LogP contribution in [0.15, 0.2) is 53.4 Å². The van der Waals surface area contributed by atoms with Gasteiger partial charge < -0.3 is 5.32 Å². The molecule has 0 aliphatic heterocycles. The normalized spacial score (nSPS) is 11.5. The molecular formula is C16H17ClN2O3S. The average Bonchev–Trinajstić information content (AvgIpc) is 2.54. The van der Waals surface area contributed by atoms with E-state index in [1.54, 1.807) is 24.3 Å². The summed E-state index contributed by atoms with van der Waals surface area (Å²) in [4.78, 5) is 12.3. The topological polar surface area (TPSA) is 66.5 Å². The first-order valence-electron chi connectivity index (χ1n) is 6.86. The summed E-state index contributed by atoms with van der Waals surface area (Å²) in [5.74, 6) is -0.337. The standard InChI is InChI=1S/C16H17ClN2O3S/c1-19(2)23(21,22)15-5-3-4-13(10-15)16(20)18-11-12-6-8-14(17)9-7-12/h3-10H,11H2,1-2H3,(H,18,20). The van der Waals surface area contributed by atoms with Crippen LogP contribution in [0.25, 0.3) is 0 Å². The zero-order valence-electron chi connectivity index (χ0n) is 12.8. The smallest absolute Gasteiger partial charge is 0.251 e. The van der Waals surface area contributed by atoms with Gasteiger partial charge in [0.05, 0.1) is 4.90 Å². The van der Waals surface area contributed by atoms with Gasteiger partial charge in [-0.15, -0.1) is 0 Å². The fraction of sp³-hybridized carbons (Fsp3) is 0.188. The molecule has 5 nitrogen and oxygen atoms in total. The van der Waals surface area contributed by atoms with E-state index >= 15 is 0 Å². The second-order valence-corrected chi connectivity index (χ2v) is 7.71. The highest BCUT2D eigenvalue weighted by Gasteiger charge is 2.18. The van der Waals surface area contributed by atoms with Crippen LogP contribution in [0.4, 0.5) is 0 Å². The second-order valence-electron chi connectivity index (χ2n) is 5.12. The fourth-order valence-electron chi connectivity index (χ4n) is 1.90.